The van der Waals surface area contributed by atoms with E-state index >= 15 is 0 Å². The van der Waals surface area contributed by atoms with Gasteiger partial charge >= 0.3 is 6.09 Å². The van der Waals surface area contributed by atoms with E-state index in [-0.39, 0.29) is 19.7 Å². The Bertz CT molecular complexity index is 778. The Morgan fingerprint density at radius 1 is 0.929 bits per heavy atom. The molecule has 2 N–H and O–H groups in total. The third-order valence-electron chi connectivity index (χ3n) is 3.85. The summed E-state index contributed by atoms with van der Waals surface area (Å²) in [6, 6.07) is 9.74. The van der Waals surface area contributed by atoms with Crippen LogP contribution in [-0.4, -0.2) is 66.6 Å². The molecule has 2 aromatic rings. The van der Waals surface area contributed by atoms with E-state index in [1.165, 1.54) is 14.1 Å². The second-order valence-electron chi connectivity index (χ2n) is 5.82. The molecule has 1 aromatic carbocycles. The van der Waals surface area contributed by atoms with E-state index in [1.54, 1.807) is 12.4 Å². The molecule has 0 fully saturated rings. The Balaban J connectivity index is 1.88. The summed E-state index contributed by atoms with van der Waals surface area (Å²) in [6.07, 6.45) is 2.98. The standard InChI is InChI=1S/C19H23N5O4/c1-20-17(25)12-24(13-18(26)21-2)19(27)28-9-8-16-22-10-15(11-23-16)14-6-4-3-5-7-14/h3-7,10-11H,8-9,12-13H2,1-2H3,(H,20,25)(H,21,26). The molecule has 9 heteroatoms. The van der Waals surface area contributed by atoms with Crippen LogP contribution in [0, 0.1) is 0 Å². The number of hydrogen-bond donors (Lipinski definition) is 2. The van der Waals surface area contributed by atoms with Crippen molar-refractivity contribution in [3.63, 3.8) is 0 Å². The van der Waals surface area contributed by atoms with Crippen LogP contribution >= 0.6 is 0 Å². The molecule has 0 unspecified atom stereocenters. The first-order valence-corrected chi connectivity index (χ1v) is 8.72. The lowest BCUT2D eigenvalue weighted by Gasteiger charge is -2.20. The summed E-state index contributed by atoms with van der Waals surface area (Å²) in [7, 11) is 2.89. The van der Waals surface area contributed by atoms with Crippen molar-refractivity contribution in [2.24, 2.45) is 0 Å². The summed E-state index contributed by atoms with van der Waals surface area (Å²) in [6.45, 7) is -0.516. The summed E-state index contributed by atoms with van der Waals surface area (Å²) in [5.41, 5.74) is 1.91. The summed E-state index contributed by atoms with van der Waals surface area (Å²) in [5.74, 6) is -0.280. The second-order valence-corrected chi connectivity index (χ2v) is 5.82. The van der Waals surface area contributed by atoms with E-state index in [9.17, 15) is 14.4 Å². The van der Waals surface area contributed by atoms with Gasteiger partial charge in [-0.25, -0.2) is 14.8 Å². The Labute approximate surface area is 163 Å². The van der Waals surface area contributed by atoms with Gasteiger partial charge in [-0.15, -0.1) is 0 Å². The molecule has 0 aliphatic heterocycles. The average Bonchev–Trinajstić information content (AvgIpc) is 2.74. The predicted molar refractivity (Wildman–Crippen MR) is 102 cm³/mol. The molecule has 3 amide bonds. The van der Waals surface area contributed by atoms with Crippen molar-refractivity contribution in [2.75, 3.05) is 33.8 Å². The maximum atomic E-state index is 12.2. The minimum Gasteiger partial charge on any atom is -0.449 e. The molecular weight excluding hydrogens is 362 g/mol. The van der Waals surface area contributed by atoms with E-state index in [0.717, 1.165) is 16.0 Å². The van der Waals surface area contributed by atoms with Gasteiger partial charge in [-0.1, -0.05) is 30.3 Å². The lowest BCUT2D eigenvalue weighted by molar-refractivity contribution is -0.124. The fourth-order valence-corrected chi connectivity index (χ4v) is 2.27. The van der Waals surface area contributed by atoms with Crippen LogP contribution in [0.25, 0.3) is 11.1 Å². The molecule has 2 rings (SSSR count). The van der Waals surface area contributed by atoms with Gasteiger partial charge in [-0.05, 0) is 5.56 Å². The molecule has 0 aliphatic carbocycles. The largest absolute Gasteiger partial charge is 0.449 e. The highest BCUT2D eigenvalue weighted by molar-refractivity contribution is 5.86. The molecule has 1 aromatic heterocycles. The third kappa shape index (κ3) is 6.35. The zero-order valence-corrected chi connectivity index (χ0v) is 15.8. The van der Waals surface area contributed by atoms with Gasteiger partial charge in [0.25, 0.3) is 0 Å². The SMILES string of the molecule is CNC(=O)CN(CC(=O)NC)C(=O)OCCc1ncc(-c2ccccc2)cn1. The Morgan fingerprint density at radius 3 is 2.04 bits per heavy atom. The lowest BCUT2D eigenvalue weighted by atomic mass is 10.1. The molecule has 148 valence electrons. The van der Waals surface area contributed by atoms with Crippen LogP contribution in [0.15, 0.2) is 42.7 Å². The van der Waals surface area contributed by atoms with Crippen molar-refractivity contribution in [3.8, 4) is 11.1 Å². The van der Waals surface area contributed by atoms with Crippen molar-refractivity contribution < 1.29 is 19.1 Å². The van der Waals surface area contributed by atoms with E-state index in [1.807, 2.05) is 30.3 Å². The van der Waals surface area contributed by atoms with Gasteiger partial charge in [-0.2, -0.15) is 0 Å². The molecule has 0 aliphatic rings. The highest BCUT2D eigenvalue weighted by atomic mass is 16.6. The van der Waals surface area contributed by atoms with Gasteiger partial charge in [0, 0.05) is 38.5 Å². The van der Waals surface area contributed by atoms with Gasteiger partial charge in [0.2, 0.25) is 11.8 Å². The summed E-state index contributed by atoms with van der Waals surface area (Å²) < 4.78 is 5.16. The van der Waals surface area contributed by atoms with Crippen LogP contribution < -0.4 is 10.6 Å². The number of nitrogens with zero attached hydrogens (tertiary/aromatic N) is 3. The number of amides is 3. The monoisotopic (exact) mass is 385 g/mol. The fourth-order valence-electron chi connectivity index (χ4n) is 2.27. The molecule has 0 spiro atoms. The molecule has 1 heterocycles. The third-order valence-corrected chi connectivity index (χ3v) is 3.85. The number of hydrogen-bond acceptors (Lipinski definition) is 6. The number of likely N-dealkylation sites (N-methyl/N-ethyl adjacent to an activating group) is 2. The normalized spacial score (nSPS) is 10.1. The van der Waals surface area contributed by atoms with Crippen LogP contribution in [0.3, 0.4) is 0 Å². The number of carbonyl (C=O) groups excluding carboxylic acids is 3. The number of aromatic nitrogens is 2. The number of ether oxygens (including phenoxy) is 1. The first kappa shape index (κ1) is 20.8. The van der Waals surface area contributed by atoms with Crippen LogP contribution in [0.2, 0.25) is 0 Å². The zero-order valence-electron chi connectivity index (χ0n) is 15.8. The maximum absolute atomic E-state index is 12.2. The van der Waals surface area contributed by atoms with Crippen molar-refractivity contribution in [3.05, 3.63) is 48.5 Å². The molecular formula is C19H23N5O4. The average molecular weight is 385 g/mol. The van der Waals surface area contributed by atoms with Gasteiger partial charge in [-0.3, -0.25) is 14.5 Å². The summed E-state index contributed by atoms with van der Waals surface area (Å²) >= 11 is 0. The van der Waals surface area contributed by atoms with E-state index < -0.39 is 17.9 Å². The Hall–Kier alpha value is -3.49. The molecule has 0 atom stereocenters. The van der Waals surface area contributed by atoms with E-state index in [4.69, 9.17) is 4.74 Å². The molecule has 0 bridgehead atoms. The van der Waals surface area contributed by atoms with Crippen LogP contribution in [-0.2, 0) is 20.7 Å². The minimum atomic E-state index is -0.756. The van der Waals surface area contributed by atoms with Crippen LogP contribution in [0.1, 0.15) is 5.82 Å². The van der Waals surface area contributed by atoms with Crippen LogP contribution in [0.4, 0.5) is 4.79 Å². The summed E-state index contributed by atoms with van der Waals surface area (Å²) in [4.78, 5) is 44.8. The maximum Gasteiger partial charge on any atom is 0.410 e. The Kier molecular flexibility index (Phi) is 7.89. The highest BCUT2D eigenvalue weighted by Gasteiger charge is 2.20. The predicted octanol–water partition coefficient (Wildman–Crippen LogP) is 0.617. The number of rotatable bonds is 8. The van der Waals surface area contributed by atoms with E-state index in [2.05, 4.69) is 20.6 Å². The molecule has 0 radical (unpaired) electrons. The van der Waals surface area contributed by atoms with E-state index in [0.29, 0.717) is 12.2 Å². The van der Waals surface area contributed by atoms with Gasteiger partial charge in [0.1, 0.15) is 25.5 Å². The topological polar surface area (TPSA) is 114 Å². The molecule has 9 nitrogen and oxygen atoms in total. The van der Waals surface area contributed by atoms with Gasteiger partial charge in [0.15, 0.2) is 0 Å². The number of nitrogens with one attached hydrogen (secondary N) is 2. The molecule has 0 saturated heterocycles. The second kappa shape index (κ2) is 10.6. The van der Waals surface area contributed by atoms with Crippen molar-refractivity contribution in [2.45, 2.75) is 6.42 Å². The van der Waals surface area contributed by atoms with Gasteiger partial charge in [0.05, 0.1) is 0 Å². The quantitative estimate of drug-likeness (QED) is 0.689. The minimum absolute atomic E-state index is 0.0293. The molecule has 28 heavy (non-hydrogen) atoms. The number of benzene rings is 1. The fraction of sp³-hybridized carbons (Fsp3) is 0.316. The smallest absolute Gasteiger partial charge is 0.410 e. The van der Waals surface area contributed by atoms with Crippen molar-refractivity contribution >= 4 is 17.9 Å². The number of carbonyl (C=O) groups is 3. The lowest BCUT2D eigenvalue weighted by Crippen LogP contribution is -2.45. The van der Waals surface area contributed by atoms with Crippen molar-refractivity contribution in [1.29, 1.82) is 0 Å². The first-order valence-electron chi connectivity index (χ1n) is 8.72. The van der Waals surface area contributed by atoms with Crippen LogP contribution in [0.5, 0.6) is 0 Å². The Morgan fingerprint density at radius 2 is 1.50 bits per heavy atom. The first-order chi connectivity index (χ1) is 13.5. The summed E-state index contributed by atoms with van der Waals surface area (Å²) in [5, 5.41) is 4.80. The zero-order chi connectivity index (χ0) is 20.4. The van der Waals surface area contributed by atoms with Gasteiger partial charge < -0.3 is 15.4 Å². The van der Waals surface area contributed by atoms with Crippen molar-refractivity contribution in [1.82, 2.24) is 25.5 Å². The molecule has 0 saturated carbocycles. The highest BCUT2D eigenvalue weighted by Crippen LogP contribution is 2.16.